The summed E-state index contributed by atoms with van der Waals surface area (Å²) in [4.78, 5) is 30.3. The molecule has 0 radical (unpaired) electrons. The first-order valence-corrected chi connectivity index (χ1v) is 10.0. The highest BCUT2D eigenvalue weighted by Gasteiger charge is 2.24. The summed E-state index contributed by atoms with van der Waals surface area (Å²) in [6.07, 6.45) is 0. The number of nitrogens with zero attached hydrogens (tertiary/aromatic N) is 3. The molecule has 2 rings (SSSR count). The lowest BCUT2D eigenvalue weighted by atomic mass is 10.1. The van der Waals surface area contributed by atoms with Crippen LogP contribution in [0.25, 0.3) is 0 Å². The molecule has 0 saturated carbocycles. The van der Waals surface area contributed by atoms with Crippen LogP contribution < -0.4 is 10.1 Å². The quantitative estimate of drug-likeness (QED) is 0.700. The van der Waals surface area contributed by atoms with Gasteiger partial charge in [0.05, 0.1) is 13.1 Å². The Morgan fingerprint density at radius 2 is 1.83 bits per heavy atom. The summed E-state index contributed by atoms with van der Waals surface area (Å²) in [5.74, 6) is -0.108. The smallest absolute Gasteiger partial charge is 0.236 e. The molecule has 0 spiro atoms. The van der Waals surface area contributed by atoms with Gasteiger partial charge in [-0.05, 0) is 40.0 Å². The van der Waals surface area contributed by atoms with Crippen molar-refractivity contribution in [3.05, 3.63) is 30.1 Å². The van der Waals surface area contributed by atoms with E-state index in [1.54, 1.807) is 18.2 Å². The fourth-order valence-corrected chi connectivity index (χ4v) is 3.10. The van der Waals surface area contributed by atoms with E-state index in [0.717, 1.165) is 0 Å². The van der Waals surface area contributed by atoms with Crippen molar-refractivity contribution < 1.29 is 18.7 Å². The number of hydrogen-bond acceptors (Lipinski definition) is 5. The van der Waals surface area contributed by atoms with Crippen molar-refractivity contribution in [1.29, 1.82) is 0 Å². The van der Waals surface area contributed by atoms with Crippen molar-refractivity contribution in [2.45, 2.75) is 26.3 Å². The molecule has 7 nitrogen and oxygen atoms in total. The zero-order valence-electron chi connectivity index (χ0n) is 17.9. The Hall–Kier alpha value is -2.19. The zero-order valence-corrected chi connectivity index (χ0v) is 17.9. The molecule has 1 aromatic carbocycles. The standard InChI is InChI=1S/C21H33FN4O3/c1-21(2,3)23-19(27)15-25-9-11-26(12-10-25)20(28)16-24(4)13-14-29-18-8-6-5-7-17(18)22/h5-8H,9-16H2,1-4H3,(H,23,27). The minimum absolute atomic E-state index is 0.00635. The molecule has 1 aliphatic rings. The lowest BCUT2D eigenvalue weighted by Gasteiger charge is -2.35. The first-order valence-electron chi connectivity index (χ1n) is 10.0. The van der Waals surface area contributed by atoms with Gasteiger partial charge in [-0.25, -0.2) is 4.39 Å². The average Bonchev–Trinajstić information content (AvgIpc) is 2.62. The van der Waals surface area contributed by atoms with Crippen LogP contribution in [0.4, 0.5) is 4.39 Å². The van der Waals surface area contributed by atoms with E-state index < -0.39 is 0 Å². The maximum absolute atomic E-state index is 13.5. The third kappa shape index (κ3) is 8.37. The largest absolute Gasteiger partial charge is 0.489 e. The third-order valence-electron chi connectivity index (χ3n) is 4.58. The van der Waals surface area contributed by atoms with Crippen LogP contribution >= 0.6 is 0 Å². The fourth-order valence-electron chi connectivity index (χ4n) is 3.10. The first-order chi connectivity index (χ1) is 13.6. The summed E-state index contributed by atoms with van der Waals surface area (Å²) in [5, 5.41) is 2.96. The number of likely N-dealkylation sites (N-methyl/N-ethyl adjacent to an activating group) is 1. The number of halogens is 1. The van der Waals surface area contributed by atoms with Crippen LogP contribution in [-0.4, -0.2) is 91.5 Å². The molecule has 1 aliphatic heterocycles. The predicted molar refractivity (Wildman–Crippen MR) is 110 cm³/mol. The van der Waals surface area contributed by atoms with Crippen molar-refractivity contribution in [2.75, 3.05) is 59.5 Å². The van der Waals surface area contributed by atoms with Crippen molar-refractivity contribution in [3.63, 3.8) is 0 Å². The number of para-hydroxylation sites is 1. The normalized spacial score (nSPS) is 15.4. The Kier molecular flexibility index (Phi) is 8.40. The number of rotatable bonds is 8. The lowest BCUT2D eigenvalue weighted by Crippen LogP contribution is -2.54. The van der Waals surface area contributed by atoms with Crippen molar-refractivity contribution in [3.8, 4) is 5.75 Å². The van der Waals surface area contributed by atoms with Gasteiger partial charge < -0.3 is 15.0 Å². The maximum Gasteiger partial charge on any atom is 0.236 e. The summed E-state index contributed by atoms with van der Waals surface area (Å²) in [5.41, 5.74) is -0.241. The molecule has 2 amide bonds. The Bertz CT molecular complexity index is 685. The molecule has 0 bridgehead atoms. The van der Waals surface area contributed by atoms with Crippen molar-refractivity contribution in [2.24, 2.45) is 0 Å². The van der Waals surface area contributed by atoms with Crippen LogP contribution in [-0.2, 0) is 9.59 Å². The first kappa shape index (κ1) is 23.1. The molecular formula is C21H33FN4O3. The highest BCUT2D eigenvalue weighted by Crippen LogP contribution is 2.15. The van der Waals surface area contributed by atoms with E-state index >= 15 is 0 Å². The van der Waals surface area contributed by atoms with E-state index in [1.165, 1.54) is 6.07 Å². The van der Waals surface area contributed by atoms with Crippen LogP contribution in [0.3, 0.4) is 0 Å². The van der Waals surface area contributed by atoms with E-state index in [4.69, 9.17) is 4.74 Å². The minimum atomic E-state index is -0.389. The van der Waals surface area contributed by atoms with E-state index in [-0.39, 0.29) is 35.5 Å². The van der Waals surface area contributed by atoms with Gasteiger partial charge in [-0.15, -0.1) is 0 Å². The molecule has 1 N–H and O–H groups in total. The van der Waals surface area contributed by atoms with Crippen LogP contribution in [0.2, 0.25) is 0 Å². The van der Waals surface area contributed by atoms with Gasteiger partial charge >= 0.3 is 0 Å². The number of benzene rings is 1. The summed E-state index contributed by atoms with van der Waals surface area (Å²) in [6, 6.07) is 6.28. The molecule has 8 heteroatoms. The summed E-state index contributed by atoms with van der Waals surface area (Å²) in [7, 11) is 1.84. The Labute approximate surface area is 172 Å². The van der Waals surface area contributed by atoms with Crippen LogP contribution in [0.5, 0.6) is 5.75 Å². The molecule has 1 heterocycles. The molecule has 1 fully saturated rings. The van der Waals surface area contributed by atoms with Gasteiger partial charge in [0, 0.05) is 38.3 Å². The number of ether oxygens (including phenoxy) is 1. The molecule has 1 saturated heterocycles. The van der Waals surface area contributed by atoms with Crippen molar-refractivity contribution >= 4 is 11.8 Å². The molecule has 0 aliphatic carbocycles. The van der Waals surface area contributed by atoms with E-state index in [9.17, 15) is 14.0 Å². The van der Waals surface area contributed by atoms with Gasteiger partial charge in [0.25, 0.3) is 0 Å². The highest BCUT2D eigenvalue weighted by atomic mass is 19.1. The predicted octanol–water partition coefficient (Wildman–Crippen LogP) is 1.20. The maximum atomic E-state index is 13.5. The Morgan fingerprint density at radius 3 is 2.45 bits per heavy atom. The molecule has 29 heavy (non-hydrogen) atoms. The number of amides is 2. The van der Waals surface area contributed by atoms with Gasteiger partial charge in [-0.2, -0.15) is 0 Å². The zero-order chi connectivity index (χ0) is 21.4. The fraction of sp³-hybridized carbons (Fsp3) is 0.619. The average molecular weight is 409 g/mol. The Balaban J connectivity index is 1.65. The molecular weight excluding hydrogens is 375 g/mol. The second-order valence-electron chi connectivity index (χ2n) is 8.47. The lowest BCUT2D eigenvalue weighted by molar-refractivity contribution is -0.134. The van der Waals surface area contributed by atoms with Gasteiger partial charge in [0.2, 0.25) is 11.8 Å². The molecule has 0 aromatic heterocycles. The molecule has 0 unspecified atom stereocenters. The topological polar surface area (TPSA) is 65.1 Å². The number of hydrogen-bond donors (Lipinski definition) is 1. The summed E-state index contributed by atoms with van der Waals surface area (Å²) in [6.45, 7) is 9.93. The molecule has 1 aromatic rings. The van der Waals surface area contributed by atoms with Crippen LogP contribution in [0.15, 0.2) is 24.3 Å². The minimum Gasteiger partial charge on any atom is -0.489 e. The van der Waals surface area contributed by atoms with E-state index in [2.05, 4.69) is 10.2 Å². The van der Waals surface area contributed by atoms with Gasteiger partial charge in [0.15, 0.2) is 11.6 Å². The van der Waals surface area contributed by atoms with E-state index in [1.807, 2.05) is 37.6 Å². The monoisotopic (exact) mass is 408 g/mol. The second kappa shape index (κ2) is 10.5. The molecule has 162 valence electrons. The number of nitrogens with one attached hydrogen (secondary N) is 1. The van der Waals surface area contributed by atoms with Gasteiger partial charge in [0.1, 0.15) is 6.61 Å². The Morgan fingerprint density at radius 1 is 1.17 bits per heavy atom. The number of piperazine rings is 1. The van der Waals surface area contributed by atoms with Gasteiger partial charge in [-0.3, -0.25) is 19.4 Å². The third-order valence-corrected chi connectivity index (χ3v) is 4.58. The highest BCUT2D eigenvalue weighted by molar-refractivity contribution is 5.79. The SMILES string of the molecule is CN(CCOc1ccccc1F)CC(=O)N1CCN(CC(=O)NC(C)(C)C)CC1. The number of carbonyl (C=O) groups is 2. The second-order valence-corrected chi connectivity index (χ2v) is 8.47. The van der Waals surface area contributed by atoms with Crippen LogP contribution in [0, 0.1) is 5.82 Å². The number of carbonyl (C=O) groups excluding carboxylic acids is 2. The molecule has 0 atom stereocenters. The summed E-state index contributed by atoms with van der Waals surface area (Å²) >= 11 is 0. The van der Waals surface area contributed by atoms with Crippen LogP contribution in [0.1, 0.15) is 20.8 Å². The van der Waals surface area contributed by atoms with Crippen molar-refractivity contribution in [1.82, 2.24) is 20.0 Å². The van der Waals surface area contributed by atoms with Gasteiger partial charge in [-0.1, -0.05) is 12.1 Å². The van der Waals surface area contributed by atoms with E-state index in [0.29, 0.717) is 45.9 Å². The summed E-state index contributed by atoms with van der Waals surface area (Å²) < 4.78 is 19.0.